The van der Waals surface area contributed by atoms with Crippen LogP contribution in [0.4, 0.5) is 0 Å². The molecule has 2 aliphatic heterocycles. The van der Waals surface area contributed by atoms with Crippen LogP contribution in [0.15, 0.2) is 24.3 Å². The Morgan fingerprint density at radius 3 is 2.38 bits per heavy atom. The number of carbonyl (C=O) groups excluding carboxylic acids is 2. The van der Waals surface area contributed by atoms with E-state index in [1.807, 2.05) is 17.0 Å². The summed E-state index contributed by atoms with van der Waals surface area (Å²) >= 11 is 0. The van der Waals surface area contributed by atoms with Gasteiger partial charge in [0.2, 0.25) is 11.8 Å². The minimum Gasteiger partial charge on any atom is -0.508 e. The third-order valence-electron chi connectivity index (χ3n) is 4.46. The summed E-state index contributed by atoms with van der Waals surface area (Å²) in [7, 11) is 0. The Labute approximate surface area is 123 Å². The van der Waals surface area contributed by atoms with Crippen LogP contribution in [-0.2, 0) is 9.59 Å². The number of phenolic OH excluding ortho intramolecular Hbond substituents is 1. The van der Waals surface area contributed by atoms with Crippen LogP contribution >= 0.6 is 0 Å². The molecular formula is C16H20N2O3. The van der Waals surface area contributed by atoms with Crippen molar-refractivity contribution in [2.45, 2.75) is 37.6 Å². The maximum atomic E-state index is 12.3. The van der Waals surface area contributed by atoms with Crippen molar-refractivity contribution in [1.29, 1.82) is 0 Å². The fourth-order valence-electron chi connectivity index (χ4n) is 3.20. The number of hydrogen-bond acceptors (Lipinski definition) is 3. The highest BCUT2D eigenvalue weighted by Gasteiger charge is 2.32. The molecule has 0 saturated carbocycles. The molecule has 0 unspecified atom stereocenters. The van der Waals surface area contributed by atoms with Crippen molar-refractivity contribution >= 4 is 11.8 Å². The van der Waals surface area contributed by atoms with Gasteiger partial charge < -0.3 is 15.3 Å². The quantitative estimate of drug-likeness (QED) is 0.863. The summed E-state index contributed by atoms with van der Waals surface area (Å²) in [6.07, 6.45) is 2.93. The van der Waals surface area contributed by atoms with Crippen LogP contribution in [0.25, 0.3) is 0 Å². The number of nitrogens with zero attached hydrogens (tertiary/aromatic N) is 1. The van der Waals surface area contributed by atoms with E-state index < -0.39 is 0 Å². The standard InChI is InChI=1S/C16H20N2O3/c19-13-3-1-11(2-4-13)12-7-9-18(10-8-12)16(21)14-5-6-15(20)17-14/h1-4,12,14,19H,5-10H2,(H,17,20)/t14-/m1/s1. The number of piperidine rings is 1. The molecule has 0 bridgehead atoms. The van der Waals surface area contributed by atoms with E-state index in [0.29, 0.717) is 18.8 Å². The third-order valence-corrected chi connectivity index (χ3v) is 4.46. The van der Waals surface area contributed by atoms with Crippen molar-refractivity contribution in [3.63, 3.8) is 0 Å². The van der Waals surface area contributed by atoms with Crippen LogP contribution < -0.4 is 5.32 Å². The predicted octanol–water partition coefficient (Wildman–Crippen LogP) is 1.38. The number of amides is 2. The molecule has 5 nitrogen and oxygen atoms in total. The first-order valence-electron chi connectivity index (χ1n) is 7.50. The average Bonchev–Trinajstić information content (AvgIpc) is 2.94. The van der Waals surface area contributed by atoms with Gasteiger partial charge in [-0.1, -0.05) is 12.1 Å². The molecule has 1 aromatic rings. The molecule has 2 aliphatic rings. The second-order valence-electron chi connectivity index (χ2n) is 5.85. The molecule has 5 heteroatoms. The normalized spacial score (nSPS) is 23.1. The first-order chi connectivity index (χ1) is 10.1. The Morgan fingerprint density at radius 2 is 1.81 bits per heavy atom. The third kappa shape index (κ3) is 3.01. The van der Waals surface area contributed by atoms with E-state index in [1.165, 1.54) is 5.56 Å². The van der Waals surface area contributed by atoms with Crippen LogP contribution in [0.2, 0.25) is 0 Å². The van der Waals surface area contributed by atoms with E-state index in [4.69, 9.17) is 0 Å². The lowest BCUT2D eigenvalue weighted by atomic mass is 9.89. The lowest BCUT2D eigenvalue weighted by molar-refractivity contribution is -0.135. The van der Waals surface area contributed by atoms with Crippen molar-refractivity contribution < 1.29 is 14.7 Å². The van der Waals surface area contributed by atoms with Gasteiger partial charge in [0.1, 0.15) is 11.8 Å². The molecule has 0 spiro atoms. The zero-order chi connectivity index (χ0) is 14.8. The molecule has 0 aromatic heterocycles. The van der Waals surface area contributed by atoms with Crippen LogP contribution in [-0.4, -0.2) is 41.0 Å². The number of aromatic hydroxyl groups is 1. The Morgan fingerprint density at radius 1 is 1.14 bits per heavy atom. The molecule has 2 heterocycles. The minimum absolute atomic E-state index is 0.0210. The van der Waals surface area contributed by atoms with Gasteiger partial charge in [-0.2, -0.15) is 0 Å². The Bertz CT molecular complexity index is 533. The van der Waals surface area contributed by atoms with E-state index in [0.717, 1.165) is 25.9 Å². The first-order valence-corrected chi connectivity index (χ1v) is 7.50. The highest BCUT2D eigenvalue weighted by atomic mass is 16.3. The maximum absolute atomic E-state index is 12.3. The van der Waals surface area contributed by atoms with Crippen LogP contribution in [0.5, 0.6) is 5.75 Å². The molecule has 0 radical (unpaired) electrons. The van der Waals surface area contributed by atoms with Gasteiger partial charge in [-0.25, -0.2) is 0 Å². The fourth-order valence-corrected chi connectivity index (χ4v) is 3.20. The van der Waals surface area contributed by atoms with Gasteiger partial charge in [-0.05, 0) is 42.9 Å². The van der Waals surface area contributed by atoms with E-state index in [9.17, 15) is 14.7 Å². The zero-order valence-electron chi connectivity index (χ0n) is 11.9. The van der Waals surface area contributed by atoms with E-state index in [2.05, 4.69) is 5.32 Å². The average molecular weight is 288 g/mol. The Kier molecular flexibility index (Phi) is 3.82. The lowest BCUT2D eigenvalue weighted by Crippen LogP contribution is -2.47. The van der Waals surface area contributed by atoms with Crippen molar-refractivity contribution in [1.82, 2.24) is 10.2 Å². The molecule has 2 N–H and O–H groups in total. The van der Waals surface area contributed by atoms with Crippen molar-refractivity contribution in [2.24, 2.45) is 0 Å². The van der Waals surface area contributed by atoms with Gasteiger partial charge in [0, 0.05) is 19.5 Å². The number of nitrogens with one attached hydrogen (secondary N) is 1. The summed E-state index contributed by atoms with van der Waals surface area (Å²) in [5.74, 6) is 0.758. The predicted molar refractivity (Wildman–Crippen MR) is 77.8 cm³/mol. The second kappa shape index (κ2) is 5.76. The maximum Gasteiger partial charge on any atom is 0.245 e. The molecule has 0 aliphatic carbocycles. The highest BCUT2D eigenvalue weighted by molar-refractivity contribution is 5.90. The molecule has 2 amide bonds. The summed E-state index contributed by atoms with van der Waals surface area (Å²) in [5, 5.41) is 12.1. The minimum atomic E-state index is -0.317. The summed E-state index contributed by atoms with van der Waals surface area (Å²) < 4.78 is 0. The van der Waals surface area contributed by atoms with Crippen molar-refractivity contribution in [2.75, 3.05) is 13.1 Å². The van der Waals surface area contributed by atoms with Crippen LogP contribution in [0.1, 0.15) is 37.2 Å². The second-order valence-corrected chi connectivity index (χ2v) is 5.85. The summed E-state index contributed by atoms with van der Waals surface area (Å²) in [6.45, 7) is 1.47. The van der Waals surface area contributed by atoms with Gasteiger partial charge in [0.15, 0.2) is 0 Å². The molecular weight excluding hydrogens is 268 g/mol. The number of benzene rings is 1. The number of carbonyl (C=O) groups is 2. The molecule has 1 atom stereocenters. The van der Waals surface area contributed by atoms with E-state index in [1.54, 1.807) is 12.1 Å². The smallest absolute Gasteiger partial charge is 0.245 e. The molecule has 112 valence electrons. The number of likely N-dealkylation sites (tertiary alicyclic amines) is 1. The lowest BCUT2D eigenvalue weighted by Gasteiger charge is -2.33. The largest absolute Gasteiger partial charge is 0.508 e. The molecule has 3 rings (SSSR count). The van der Waals surface area contributed by atoms with E-state index in [-0.39, 0.29) is 23.6 Å². The van der Waals surface area contributed by atoms with Gasteiger partial charge in [-0.3, -0.25) is 9.59 Å². The topological polar surface area (TPSA) is 69.6 Å². The number of hydrogen-bond donors (Lipinski definition) is 2. The van der Waals surface area contributed by atoms with Crippen molar-refractivity contribution in [3.05, 3.63) is 29.8 Å². The monoisotopic (exact) mass is 288 g/mol. The molecule has 2 saturated heterocycles. The first kappa shape index (κ1) is 13.9. The van der Waals surface area contributed by atoms with Crippen molar-refractivity contribution in [3.8, 4) is 5.75 Å². The Balaban J connectivity index is 1.56. The fraction of sp³-hybridized carbons (Fsp3) is 0.500. The Hall–Kier alpha value is -2.04. The SMILES string of the molecule is O=C1CC[C@H](C(=O)N2CCC(c3ccc(O)cc3)CC2)N1. The molecule has 1 aromatic carbocycles. The molecule has 2 fully saturated rings. The van der Waals surface area contributed by atoms with Gasteiger partial charge in [-0.15, -0.1) is 0 Å². The van der Waals surface area contributed by atoms with E-state index >= 15 is 0 Å². The summed E-state index contributed by atoms with van der Waals surface area (Å²) in [5.41, 5.74) is 1.22. The number of phenols is 1. The summed E-state index contributed by atoms with van der Waals surface area (Å²) in [6, 6.07) is 7.01. The number of rotatable bonds is 2. The van der Waals surface area contributed by atoms with Crippen LogP contribution in [0, 0.1) is 0 Å². The van der Waals surface area contributed by atoms with Gasteiger partial charge in [0.25, 0.3) is 0 Å². The zero-order valence-corrected chi connectivity index (χ0v) is 11.9. The summed E-state index contributed by atoms with van der Waals surface area (Å²) in [4.78, 5) is 25.4. The molecule has 21 heavy (non-hydrogen) atoms. The van der Waals surface area contributed by atoms with Gasteiger partial charge >= 0.3 is 0 Å². The van der Waals surface area contributed by atoms with Crippen LogP contribution in [0.3, 0.4) is 0 Å². The highest BCUT2D eigenvalue weighted by Crippen LogP contribution is 2.29. The van der Waals surface area contributed by atoms with Gasteiger partial charge in [0.05, 0.1) is 0 Å².